The van der Waals surface area contributed by atoms with Crippen LogP contribution in [0.2, 0.25) is 0 Å². The Morgan fingerprint density at radius 3 is 2.79 bits per heavy atom. The molecule has 0 aliphatic heterocycles. The Morgan fingerprint density at radius 2 is 2.14 bits per heavy atom. The third kappa shape index (κ3) is 1.14. The average molecular weight is 191 g/mol. The summed E-state index contributed by atoms with van der Waals surface area (Å²) in [5.74, 6) is -1.01. The first-order valence-corrected chi connectivity index (χ1v) is 4.16. The second-order valence-electron chi connectivity index (χ2n) is 3.10. The van der Waals surface area contributed by atoms with Crippen LogP contribution in [0, 0.1) is 13.8 Å². The van der Waals surface area contributed by atoms with Crippen LogP contribution in [0.3, 0.4) is 0 Å². The van der Waals surface area contributed by atoms with Gasteiger partial charge in [0.05, 0.1) is 11.4 Å². The van der Waals surface area contributed by atoms with Gasteiger partial charge in [0.15, 0.2) is 11.3 Å². The molecular weight excluding hydrogens is 182 g/mol. The molecule has 2 rings (SSSR count). The van der Waals surface area contributed by atoms with Crippen molar-refractivity contribution in [2.24, 2.45) is 0 Å². The Hall–Kier alpha value is -1.91. The topological polar surface area (TPSA) is 67.5 Å². The number of imidazole rings is 1. The molecule has 5 nitrogen and oxygen atoms in total. The molecule has 2 heterocycles. The molecule has 0 spiro atoms. The molecule has 72 valence electrons. The van der Waals surface area contributed by atoms with Crippen LogP contribution in [0.15, 0.2) is 12.1 Å². The minimum atomic E-state index is -1.01. The first-order chi connectivity index (χ1) is 6.59. The van der Waals surface area contributed by atoms with Gasteiger partial charge in [0.2, 0.25) is 0 Å². The zero-order valence-electron chi connectivity index (χ0n) is 7.85. The lowest BCUT2D eigenvalue weighted by Crippen LogP contribution is -2.06. The Labute approximate surface area is 80.0 Å². The zero-order valence-corrected chi connectivity index (χ0v) is 7.85. The number of aromatic nitrogens is 3. The molecule has 1 N–H and O–H groups in total. The Balaban J connectivity index is 2.86. The minimum absolute atomic E-state index is 0.128. The van der Waals surface area contributed by atoms with Crippen LogP contribution in [-0.2, 0) is 0 Å². The fourth-order valence-corrected chi connectivity index (χ4v) is 1.38. The summed E-state index contributed by atoms with van der Waals surface area (Å²) < 4.78 is 1.35. The monoisotopic (exact) mass is 191 g/mol. The van der Waals surface area contributed by atoms with Crippen molar-refractivity contribution < 1.29 is 9.90 Å². The summed E-state index contributed by atoms with van der Waals surface area (Å²) in [7, 11) is 0. The van der Waals surface area contributed by atoms with Crippen molar-refractivity contribution in [3.8, 4) is 0 Å². The van der Waals surface area contributed by atoms with Gasteiger partial charge in [-0.05, 0) is 26.0 Å². The number of nitrogens with zero attached hydrogens (tertiary/aromatic N) is 3. The molecule has 0 fully saturated rings. The number of hydrogen-bond donors (Lipinski definition) is 1. The second-order valence-corrected chi connectivity index (χ2v) is 3.10. The molecule has 0 bridgehead atoms. The SMILES string of the molecule is Cc1ccc2nc(C)c(C(=O)O)n2n1. The summed E-state index contributed by atoms with van der Waals surface area (Å²) in [6.45, 7) is 3.47. The minimum Gasteiger partial charge on any atom is -0.476 e. The van der Waals surface area contributed by atoms with E-state index in [-0.39, 0.29) is 5.69 Å². The summed E-state index contributed by atoms with van der Waals surface area (Å²) in [6.07, 6.45) is 0. The average Bonchev–Trinajstić information content (AvgIpc) is 2.40. The van der Waals surface area contributed by atoms with Crippen LogP contribution < -0.4 is 0 Å². The maximum atomic E-state index is 10.9. The molecule has 0 aliphatic rings. The summed E-state index contributed by atoms with van der Waals surface area (Å²) in [5.41, 5.74) is 1.93. The molecule has 2 aromatic rings. The lowest BCUT2D eigenvalue weighted by Gasteiger charge is -1.96. The van der Waals surface area contributed by atoms with E-state index in [0.29, 0.717) is 11.3 Å². The number of hydrogen-bond acceptors (Lipinski definition) is 3. The molecule has 0 saturated heterocycles. The summed E-state index contributed by atoms with van der Waals surface area (Å²) >= 11 is 0. The highest BCUT2D eigenvalue weighted by Gasteiger charge is 2.15. The normalized spacial score (nSPS) is 10.7. The Morgan fingerprint density at radius 1 is 1.43 bits per heavy atom. The second kappa shape index (κ2) is 2.80. The van der Waals surface area contributed by atoms with Gasteiger partial charge in [-0.15, -0.1) is 0 Å². The van der Waals surface area contributed by atoms with Gasteiger partial charge in [-0.2, -0.15) is 5.10 Å². The van der Waals surface area contributed by atoms with Crippen molar-refractivity contribution in [2.45, 2.75) is 13.8 Å². The van der Waals surface area contributed by atoms with Crippen molar-refractivity contribution in [2.75, 3.05) is 0 Å². The van der Waals surface area contributed by atoms with E-state index in [1.807, 2.05) is 0 Å². The number of rotatable bonds is 1. The fourth-order valence-electron chi connectivity index (χ4n) is 1.38. The zero-order chi connectivity index (χ0) is 10.3. The highest BCUT2D eigenvalue weighted by molar-refractivity contribution is 5.88. The molecule has 0 radical (unpaired) electrons. The van der Waals surface area contributed by atoms with Crippen LogP contribution in [0.25, 0.3) is 5.65 Å². The van der Waals surface area contributed by atoms with Gasteiger partial charge < -0.3 is 5.11 Å². The van der Waals surface area contributed by atoms with E-state index >= 15 is 0 Å². The van der Waals surface area contributed by atoms with E-state index in [4.69, 9.17) is 5.11 Å². The predicted molar refractivity (Wildman–Crippen MR) is 49.4 cm³/mol. The molecule has 14 heavy (non-hydrogen) atoms. The van der Waals surface area contributed by atoms with E-state index in [1.54, 1.807) is 26.0 Å². The van der Waals surface area contributed by atoms with Gasteiger partial charge in [0, 0.05) is 0 Å². The van der Waals surface area contributed by atoms with Crippen LogP contribution >= 0.6 is 0 Å². The van der Waals surface area contributed by atoms with E-state index < -0.39 is 5.97 Å². The van der Waals surface area contributed by atoms with Gasteiger partial charge in [-0.3, -0.25) is 0 Å². The van der Waals surface area contributed by atoms with Crippen LogP contribution in [0.1, 0.15) is 21.9 Å². The number of carboxylic acid groups (broad SMARTS) is 1. The molecule has 2 aromatic heterocycles. The quantitative estimate of drug-likeness (QED) is 0.731. The van der Waals surface area contributed by atoms with Crippen LogP contribution in [0.5, 0.6) is 0 Å². The van der Waals surface area contributed by atoms with Gasteiger partial charge in [0.25, 0.3) is 0 Å². The number of aryl methyl sites for hydroxylation is 2. The molecule has 0 aliphatic carbocycles. The van der Waals surface area contributed by atoms with Crippen molar-refractivity contribution in [1.29, 1.82) is 0 Å². The molecule has 0 atom stereocenters. The first-order valence-electron chi connectivity index (χ1n) is 4.16. The largest absolute Gasteiger partial charge is 0.476 e. The van der Waals surface area contributed by atoms with Crippen molar-refractivity contribution in [3.63, 3.8) is 0 Å². The van der Waals surface area contributed by atoms with Crippen molar-refractivity contribution in [3.05, 3.63) is 29.2 Å². The smallest absolute Gasteiger partial charge is 0.356 e. The van der Waals surface area contributed by atoms with Gasteiger partial charge in [-0.25, -0.2) is 14.3 Å². The summed E-state index contributed by atoms with van der Waals surface area (Å²) in [5, 5.41) is 13.0. The van der Waals surface area contributed by atoms with Gasteiger partial charge in [0.1, 0.15) is 0 Å². The fraction of sp³-hybridized carbons (Fsp3) is 0.222. The van der Waals surface area contributed by atoms with E-state index in [0.717, 1.165) is 5.69 Å². The molecule has 0 amide bonds. The predicted octanol–water partition coefficient (Wildman–Crippen LogP) is 1.04. The van der Waals surface area contributed by atoms with E-state index in [9.17, 15) is 4.79 Å². The van der Waals surface area contributed by atoms with Crippen molar-refractivity contribution in [1.82, 2.24) is 14.6 Å². The van der Waals surface area contributed by atoms with Crippen LogP contribution in [0.4, 0.5) is 0 Å². The highest BCUT2D eigenvalue weighted by atomic mass is 16.4. The number of fused-ring (bicyclic) bond motifs is 1. The third-order valence-electron chi connectivity index (χ3n) is 1.99. The molecule has 0 aromatic carbocycles. The molecule has 5 heteroatoms. The van der Waals surface area contributed by atoms with Gasteiger partial charge in [-0.1, -0.05) is 0 Å². The molecule has 0 saturated carbocycles. The van der Waals surface area contributed by atoms with Gasteiger partial charge >= 0.3 is 5.97 Å². The lowest BCUT2D eigenvalue weighted by atomic mass is 10.3. The number of carboxylic acids is 1. The Kier molecular flexibility index (Phi) is 1.73. The third-order valence-corrected chi connectivity index (χ3v) is 1.99. The van der Waals surface area contributed by atoms with E-state index in [1.165, 1.54) is 4.52 Å². The molecular formula is C9H9N3O2. The standard InChI is InChI=1S/C9H9N3O2/c1-5-3-4-7-10-6(2)8(9(13)14)12(7)11-5/h3-4H,1-2H3,(H,13,14). The highest BCUT2D eigenvalue weighted by Crippen LogP contribution is 2.10. The van der Waals surface area contributed by atoms with Crippen LogP contribution in [-0.4, -0.2) is 25.7 Å². The maximum Gasteiger partial charge on any atom is 0.356 e. The molecule has 0 unspecified atom stereocenters. The summed E-state index contributed by atoms with van der Waals surface area (Å²) in [6, 6.07) is 3.55. The summed E-state index contributed by atoms with van der Waals surface area (Å²) in [4.78, 5) is 15.0. The van der Waals surface area contributed by atoms with E-state index in [2.05, 4.69) is 10.1 Å². The van der Waals surface area contributed by atoms with Crippen molar-refractivity contribution >= 4 is 11.6 Å². The number of carbonyl (C=O) groups is 1. The number of aromatic carboxylic acids is 1. The maximum absolute atomic E-state index is 10.9. The lowest BCUT2D eigenvalue weighted by molar-refractivity contribution is 0.0687. The Bertz CT molecular complexity index is 516. The first kappa shape index (κ1) is 8.68.